The Morgan fingerprint density at radius 1 is 1.24 bits per heavy atom. The van der Waals surface area contributed by atoms with Crippen molar-refractivity contribution in [1.29, 1.82) is 0 Å². The summed E-state index contributed by atoms with van der Waals surface area (Å²) in [5, 5.41) is 0.974. The highest BCUT2D eigenvalue weighted by Crippen LogP contribution is 2.27. The Morgan fingerprint density at radius 2 is 2.06 bits per heavy atom. The normalized spacial score (nSPS) is 18.5. The predicted molar refractivity (Wildman–Crippen MR) is 75.5 cm³/mol. The van der Waals surface area contributed by atoms with Gasteiger partial charge in [-0.05, 0) is 30.3 Å². The van der Waals surface area contributed by atoms with Crippen LogP contribution in [0.25, 0.3) is 17.0 Å². The van der Waals surface area contributed by atoms with Gasteiger partial charge in [0.1, 0.15) is 0 Å². The van der Waals surface area contributed by atoms with Crippen molar-refractivity contribution in [3.8, 4) is 0 Å². The fraction of sp³-hybridized carbons (Fsp3) is 0.0769. The van der Waals surface area contributed by atoms with E-state index in [-0.39, 0.29) is 10.6 Å². The highest BCUT2D eigenvalue weighted by atomic mass is 79.9. The van der Waals surface area contributed by atoms with Crippen LogP contribution in [0.15, 0.2) is 34.8 Å². The van der Waals surface area contributed by atoms with E-state index in [0.29, 0.717) is 5.56 Å². The molecule has 2 nitrogen and oxygen atoms in total. The minimum absolute atomic E-state index is 0.0666. The summed E-state index contributed by atoms with van der Waals surface area (Å²) >= 11 is 6.75. The number of allylic oxidation sites excluding steroid dienone is 1. The zero-order chi connectivity index (χ0) is 12.0. The van der Waals surface area contributed by atoms with Crippen LogP contribution in [0.4, 0.5) is 0 Å². The van der Waals surface area contributed by atoms with Crippen LogP contribution in [0, 0.1) is 0 Å². The van der Waals surface area contributed by atoms with Gasteiger partial charge in [-0.25, -0.2) is 4.98 Å². The quantitative estimate of drug-likeness (QED) is 0.671. The number of alkyl halides is 1. The largest absolute Gasteiger partial charge is 0.292 e. The van der Waals surface area contributed by atoms with Crippen molar-refractivity contribution in [1.82, 2.24) is 4.98 Å². The number of fused-ring (bicyclic) bond motifs is 2. The maximum Gasteiger partial charge on any atom is 0.182 e. The molecule has 1 aliphatic rings. The number of rotatable bonds is 0. The van der Waals surface area contributed by atoms with Crippen LogP contribution in [0.5, 0.6) is 0 Å². The number of nitrogens with zero attached hydrogens (tertiary/aromatic N) is 1. The smallest absolute Gasteiger partial charge is 0.182 e. The molecule has 4 heteroatoms. The van der Waals surface area contributed by atoms with Crippen LogP contribution < -0.4 is 0 Å². The Morgan fingerprint density at radius 3 is 2.88 bits per heavy atom. The molecule has 0 N–H and O–H groups in total. The Balaban J connectivity index is 2.32. The lowest BCUT2D eigenvalue weighted by molar-refractivity contribution is 0.100. The van der Waals surface area contributed by atoms with Crippen LogP contribution in [0.2, 0.25) is 0 Å². The van der Waals surface area contributed by atoms with Gasteiger partial charge in [0.05, 0.1) is 16.0 Å². The summed E-state index contributed by atoms with van der Waals surface area (Å²) in [5.41, 5.74) is 2.33. The molecule has 1 heterocycles. The maximum atomic E-state index is 12.0. The second kappa shape index (κ2) is 4.03. The molecule has 0 fully saturated rings. The third-order valence-electron chi connectivity index (χ3n) is 2.75. The first kappa shape index (κ1) is 11.1. The van der Waals surface area contributed by atoms with Crippen molar-refractivity contribution in [2.75, 3.05) is 0 Å². The minimum atomic E-state index is -0.235. The Kier molecular flexibility index (Phi) is 2.64. The van der Waals surface area contributed by atoms with Crippen molar-refractivity contribution in [2.45, 2.75) is 4.83 Å². The van der Waals surface area contributed by atoms with Gasteiger partial charge >= 0.3 is 0 Å². The first-order valence-electron chi connectivity index (χ1n) is 5.12. The molecular formula is C13H7Br2NO. The van der Waals surface area contributed by atoms with Crippen molar-refractivity contribution >= 4 is 54.6 Å². The molecule has 0 bridgehead atoms. The second-order valence-corrected chi connectivity index (χ2v) is 5.79. The summed E-state index contributed by atoms with van der Waals surface area (Å²) in [6.45, 7) is 0. The van der Waals surface area contributed by atoms with E-state index in [1.807, 2.05) is 36.4 Å². The Bertz CT molecular complexity index is 664. The molecule has 0 amide bonds. The second-order valence-electron chi connectivity index (χ2n) is 3.88. The van der Waals surface area contributed by atoms with Crippen molar-refractivity contribution in [3.63, 3.8) is 0 Å². The van der Waals surface area contributed by atoms with Gasteiger partial charge in [0.15, 0.2) is 5.78 Å². The van der Waals surface area contributed by atoms with E-state index in [1.54, 1.807) is 0 Å². The zero-order valence-electron chi connectivity index (χ0n) is 8.65. The summed E-state index contributed by atoms with van der Waals surface area (Å²) in [5.74, 6) is 0.0666. The number of aromatic nitrogens is 1. The molecule has 0 saturated heterocycles. The Hall–Kier alpha value is -1.00. The van der Waals surface area contributed by atoms with E-state index in [0.717, 1.165) is 21.1 Å². The minimum Gasteiger partial charge on any atom is -0.292 e. The molecule has 1 unspecified atom stereocenters. The van der Waals surface area contributed by atoms with Crippen molar-refractivity contribution < 1.29 is 4.79 Å². The number of pyridine rings is 1. The Labute approximate surface area is 115 Å². The summed E-state index contributed by atoms with van der Waals surface area (Å²) < 4.78 is 0.987. The number of carbonyl (C=O) groups is 1. The van der Waals surface area contributed by atoms with Crippen LogP contribution in [0.1, 0.15) is 16.1 Å². The standard InChI is InChI=1S/C13H7Br2NO/c14-8-1-3-11-7(5-8)6-9-12(16-11)4-2-10(15)13(9)17/h1-6,10H. The van der Waals surface area contributed by atoms with Gasteiger partial charge in [-0.2, -0.15) is 0 Å². The topological polar surface area (TPSA) is 30.0 Å². The molecule has 84 valence electrons. The summed E-state index contributed by atoms with van der Waals surface area (Å²) in [6, 6.07) is 7.77. The molecule has 0 radical (unpaired) electrons. The molecule has 1 aromatic carbocycles. The number of hydrogen-bond acceptors (Lipinski definition) is 2. The van der Waals surface area contributed by atoms with E-state index in [2.05, 4.69) is 36.8 Å². The number of hydrogen-bond donors (Lipinski definition) is 0. The number of carbonyl (C=O) groups excluding carboxylic acids is 1. The number of ketones is 1. The van der Waals surface area contributed by atoms with Crippen LogP contribution in [-0.2, 0) is 0 Å². The predicted octanol–water partition coefficient (Wildman–Crippen LogP) is 3.97. The molecule has 1 atom stereocenters. The summed E-state index contributed by atoms with van der Waals surface area (Å²) in [7, 11) is 0. The third-order valence-corrected chi connectivity index (χ3v) is 3.96. The van der Waals surface area contributed by atoms with Crippen LogP contribution >= 0.6 is 31.9 Å². The van der Waals surface area contributed by atoms with Gasteiger partial charge in [0, 0.05) is 15.4 Å². The lowest BCUT2D eigenvalue weighted by Crippen LogP contribution is -2.17. The first-order chi connectivity index (χ1) is 8.15. The first-order valence-corrected chi connectivity index (χ1v) is 6.83. The van der Waals surface area contributed by atoms with Gasteiger partial charge in [-0.15, -0.1) is 0 Å². The van der Waals surface area contributed by atoms with Crippen molar-refractivity contribution in [3.05, 3.63) is 46.1 Å². The molecule has 0 aliphatic heterocycles. The van der Waals surface area contributed by atoms with Gasteiger partial charge in [0.25, 0.3) is 0 Å². The SMILES string of the molecule is O=C1c2cc3cc(Br)ccc3nc2C=CC1Br. The molecule has 1 aliphatic carbocycles. The van der Waals surface area contributed by atoms with Crippen LogP contribution in [0.3, 0.4) is 0 Å². The molecular weight excluding hydrogens is 346 g/mol. The van der Waals surface area contributed by atoms with Crippen LogP contribution in [-0.4, -0.2) is 15.6 Å². The van der Waals surface area contributed by atoms with E-state index >= 15 is 0 Å². The monoisotopic (exact) mass is 351 g/mol. The van der Waals surface area contributed by atoms with Gasteiger partial charge in [0.2, 0.25) is 0 Å². The highest BCUT2D eigenvalue weighted by Gasteiger charge is 2.22. The number of Topliss-reactive ketones (excluding diaryl/α,β-unsaturated/α-hetero) is 1. The van der Waals surface area contributed by atoms with E-state index in [9.17, 15) is 4.79 Å². The average Bonchev–Trinajstić information content (AvgIpc) is 2.32. The van der Waals surface area contributed by atoms with E-state index in [4.69, 9.17) is 0 Å². The molecule has 0 spiro atoms. The molecule has 1 aromatic heterocycles. The molecule has 17 heavy (non-hydrogen) atoms. The lowest BCUT2D eigenvalue weighted by atomic mass is 9.99. The molecule has 2 aromatic rings. The van der Waals surface area contributed by atoms with E-state index < -0.39 is 0 Å². The number of benzene rings is 1. The lowest BCUT2D eigenvalue weighted by Gasteiger charge is -2.13. The maximum absolute atomic E-state index is 12.0. The van der Waals surface area contributed by atoms with E-state index in [1.165, 1.54) is 0 Å². The zero-order valence-corrected chi connectivity index (χ0v) is 11.8. The third kappa shape index (κ3) is 1.85. The van der Waals surface area contributed by atoms with Gasteiger partial charge in [-0.3, -0.25) is 4.79 Å². The fourth-order valence-electron chi connectivity index (χ4n) is 1.90. The summed E-state index contributed by atoms with van der Waals surface area (Å²) in [4.78, 5) is 16.3. The van der Waals surface area contributed by atoms with Gasteiger partial charge < -0.3 is 0 Å². The van der Waals surface area contributed by atoms with Crippen molar-refractivity contribution in [2.24, 2.45) is 0 Å². The average molecular weight is 353 g/mol. The highest BCUT2D eigenvalue weighted by molar-refractivity contribution is 9.10. The molecule has 3 rings (SSSR count). The van der Waals surface area contributed by atoms with Gasteiger partial charge in [-0.1, -0.05) is 37.9 Å². The number of halogens is 2. The fourth-order valence-corrected chi connectivity index (χ4v) is 2.68. The summed E-state index contributed by atoms with van der Waals surface area (Å²) in [6.07, 6.45) is 3.71. The molecule has 0 saturated carbocycles.